The second kappa shape index (κ2) is 10.2. The van der Waals surface area contributed by atoms with Crippen molar-refractivity contribution >= 4 is 17.7 Å². The van der Waals surface area contributed by atoms with E-state index in [-0.39, 0.29) is 18.1 Å². The third-order valence-corrected chi connectivity index (χ3v) is 4.48. The van der Waals surface area contributed by atoms with Crippen molar-refractivity contribution in [2.45, 2.75) is 37.9 Å². The summed E-state index contributed by atoms with van der Waals surface area (Å²) in [5.41, 5.74) is 10.9. The van der Waals surface area contributed by atoms with Crippen LogP contribution in [0.4, 0.5) is 0 Å². The van der Waals surface area contributed by atoms with E-state index in [1.807, 2.05) is 30.3 Å². The summed E-state index contributed by atoms with van der Waals surface area (Å²) in [7, 11) is 0. The molecule has 8 heteroatoms. The largest absolute Gasteiger partial charge is 0.508 e. The van der Waals surface area contributed by atoms with Gasteiger partial charge in [-0.05, 0) is 30.2 Å². The van der Waals surface area contributed by atoms with Crippen molar-refractivity contribution in [3.63, 3.8) is 0 Å². The van der Waals surface area contributed by atoms with Crippen LogP contribution in [-0.4, -0.2) is 41.0 Å². The molecule has 0 aliphatic rings. The Balaban J connectivity index is 1.89. The highest BCUT2D eigenvalue weighted by Gasteiger charge is 2.26. The van der Waals surface area contributed by atoms with Crippen LogP contribution in [0, 0.1) is 0 Å². The number of hydrogen-bond acceptors (Lipinski definition) is 4. The van der Waals surface area contributed by atoms with E-state index in [4.69, 9.17) is 5.73 Å². The molecular formula is C21H27N4O4+. The minimum Gasteiger partial charge on any atom is -0.508 e. The molecule has 8 N–H and O–H groups in total. The molecule has 0 fully saturated rings. The maximum absolute atomic E-state index is 12.4. The highest BCUT2D eigenvalue weighted by Crippen LogP contribution is 2.10. The molecule has 0 aromatic heterocycles. The Morgan fingerprint density at radius 2 is 1.52 bits per heavy atom. The Bertz CT molecular complexity index is 840. The minimum atomic E-state index is -0.878. The van der Waals surface area contributed by atoms with Gasteiger partial charge in [0.1, 0.15) is 17.8 Å². The zero-order valence-corrected chi connectivity index (χ0v) is 16.3. The molecular weight excluding hydrogens is 372 g/mol. The molecule has 29 heavy (non-hydrogen) atoms. The minimum absolute atomic E-state index is 0.142. The molecule has 154 valence electrons. The lowest BCUT2D eigenvalue weighted by atomic mass is 10.0. The van der Waals surface area contributed by atoms with Crippen molar-refractivity contribution in [1.82, 2.24) is 10.6 Å². The predicted octanol–water partition coefficient (Wildman–Crippen LogP) is -0.737. The Morgan fingerprint density at radius 3 is 2.10 bits per heavy atom. The molecule has 0 saturated heterocycles. The molecule has 0 heterocycles. The molecule has 0 spiro atoms. The fourth-order valence-corrected chi connectivity index (χ4v) is 2.78. The molecule has 2 aromatic rings. The molecule has 0 aliphatic heterocycles. The van der Waals surface area contributed by atoms with Gasteiger partial charge in [0.05, 0.1) is 0 Å². The molecule has 0 bridgehead atoms. The predicted molar refractivity (Wildman–Crippen MR) is 107 cm³/mol. The topological polar surface area (TPSA) is 149 Å². The van der Waals surface area contributed by atoms with E-state index in [2.05, 4.69) is 16.4 Å². The number of primary amides is 1. The first-order valence-electron chi connectivity index (χ1n) is 9.31. The van der Waals surface area contributed by atoms with Gasteiger partial charge >= 0.3 is 0 Å². The number of nitrogens with one attached hydrogen (secondary N) is 2. The van der Waals surface area contributed by atoms with E-state index in [1.54, 1.807) is 12.1 Å². The van der Waals surface area contributed by atoms with Crippen LogP contribution in [0.1, 0.15) is 18.1 Å². The van der Waals surface area contributed by atoms with Gasteiger partial charge in [-0.25, -0.2) is 0 Å². The monoisotopic (exact) mass is 399 g/mol. The Kier molecular flexibility index (Phi) is 7.73. The van der Waals surface area contributed by atoms with Gasteiger partial charge < -0.3 is 27.2 Å². The van der Waals surface area contributed by atoms with Crippen LogP contribution in [0.3, 0.4) is 0 Å². The number of carbonyl (C=O) groups excluding carboxylic acids is 3. The van der Waals surface area contributed by atoms with Crippen molar-refractivity contribution < 1.29 is 25.2 Å². The van der Waals surface area contributed by atoms with Gasteiger partial charge in [-0.3, -0.25) is 14.4 Å². The number of benzene rings is 2. The zero-order valence-electron chi connectivity index (χ0n) is 16.3. The molecule has 0 saturated carbocycles. The third kappa shape index (κ3) is 6.93. The van der Waals surface area contributed by atoms with E-state index in [0.717, 1.165) is 11.1 Å². The number of aromatic hydroxyl groups is 1. The van der Waals surface area contributed by atoms with Crippen molar-refractivity contribution in [2.75, 3.05) is 0 Å². The second-order valence-corrected chi connectivity index (χ2v) is 6.95. The smallest absolute Gasteiger partial charge is 0.279 e. The summed E-state index contributed by atoms with van der Waals surface area (Å²) < 4.78 is 0. The summed E-state index contributed by atoms with van der Waals surface area (Å²) in [6.07, 6.45) is 0.625. The SMILES string of the molecule is C[C@@H](NC(=O)[C@@H]([NH3+])Cc1ccc(O)cc1)C(=O)N[C@@H](Cc1ccccc1)C(N)=O. The van der Waals surface area contributed by atoms with Crippen LogP contribution < -0.4 is 22.1 Å². The zero-order chi connectivity index (χ0) is 21.4. The Labute approximate surface area is 169 Å². The van der Waals surface area contributed by atoms with Crippen molar-refractivity contribution in [3.05, 3.63) is 65.7 Å². The van der Waals surface area contributed by atoms with Crippen molar-refractivity contribution in [2.24, 2.45) is 5.73 Å². The fourth-order valence-electron chi connectivity index (χ4n) is 2.78. The van der Waals surface area contributed by atoms with Crippen molar-refractivity contribution in [1.29, 1.82) is 0 Å². The van der Waals surface area contributed by atoms with E-state index in [9.17, 15) is 19.5 Å². The molecule has 0 aliphatic carbocycles. The van der Waals surface area contributed by atoms with Crippen LogP contribution in [0.2, 0.25) is 0 Å². The average molecular weight is 399 g/mol. The van der Waals surface area contributed by atoms with E-state index < -0.39 is 29.9 Å². The summed E-state index contributed by atoms with van der Waals surface area (Å²) in [6.45, 7) is 1.53. The molecule has 3 atom stereocenters. The number of phenolic OH excluding ortho intramolecular Hbond substituents is 1. The maximum atomic E-state index is 12.4. The highest BCUT2D eigenvalue weighted by molar-refractivity contribution is 5.92. The van der Waals surface area contributed by atoms with Crippen LogP contribution in [0.25, 0.3) is 0 Å². The Hall–Kier alpha value is -3.39. The average Bonchev–Trinajstić information content (AvgIpc) is 2.69. The van der Waals surface area contributed by atoms with E-state index in [1.165, 1.54) is 19.1 Å². The normalized spacial score (nSPS) is 13.7. The van der Waals surface area contributed by atoms with Crippen LogP contribution in [0.5, 0.6) is 5.75 Å². The lowest BCUT2D eigenvalue weighted by Gasteiger charge is -2.20. The number of hydrogen-bond donors (Lipinski definition) is 5. The summed E-state index contributed by atoms with van der Waals surface area (Å²) >= 11 is 0. The van der Waals surface area contributed by atoms with E-state index >= 15 is 0 Å². The van der Waals surface area contributed by atoms with Gasteiger partial charge in [-0.15, -0.1) is 0 Å². The van der Waals surface area contributed by atoms with E-state index in [0.29, 0.717) is 6.42 Å². The number of quaternary nitrogens is 1. The molecule has 0 unspecified atom stereocenters. The number of phenols is 1. The number of nitrogens with two attached hydrogens (primary N) is 1. The lowest BCUT2D eigenvalue weighted by Crippen LogP contribution is -2.69. The third-order valence-electron chi connectivity index (χ3n) is 4.48. The van der Waals surface area contributed by atoms with Crippen LogP contribution >= 0.6 is 0 Å². The summed E-state index contributed by atoms with van der Waals surface area (Å²) in [4.78, 5) is 36.5. The summed E-state index contributed by atoms with van der Waals surface area (Å²) in [5.74, 6) is -1.40. The molecule has 3 amide bonds. The fraction of sp³-hybridized carbons (Fsp3) is 0.286. The lowest BCUT2D eigenvalue weighted by molar-refractivity contribution is -0.403. The molecule has 2 rings (SSSR count). The standard InChI is InChI=1S/C21H26N4O4/c1-13(24-21(29)17(22)11-15-7-9-16(26)10-8-15)20(28)25-18(19(23)27)12-14-5-3-2-4-6-14/h2-10,13,17-18,26H,11-12,22H2,1H3,(H2,23,27)(H,24,29)(H,25,28)/p+1/t13-,17+,18+/m1/s1. The summed E-state index contributed by atoms with van der Waals surface area (Å²) in [6, 6.07) is 13.3. The van der Waals surface area contributed by atoms with Crippen molar-refractivity contribution in [3.8, 4) is 5.75 Å². The van der Waals surface area contributed by atoms with Gasteiger partial charge in [0.2, 0.25) is 11.8 Å². The molecule has 0 radical (unpaired) electrons. The highest BCUT2D eigenvalue weighted by atomic mass is 16.3. The van der Waals surface area contributed by atoms with Crippen LogP contribution in [-0.2, 0) is 27.2 Å². The van der Waals surface area contributed by atoms with Gasteiger partial charge in [-0.1, -0.05) is 42.5 Å². The molecule has 2 aromatic carbocycles. The molecule has 8 nitrogen and oxygen atoms in total. The van der Waals surface area contributed by atoms with Gasteiger partial charge in [0, 0.05) is 12.8 Å². The first kappa shape index (κ1) is 21.9. The van der Waals surface area contributed by atoms with Gasteiger partial charge in [-0.2, -0.15) is 0 Å². The van der Waals surface area contributed by atoms with Gasteiger partial charge in [0.25, 0.3) is 5.91 Å². The number of carbonyl (C=O) groups is 3. The first-order valence-corrected chi connectivity index (χ1v) is 9.31. The number of rotatable bonds is 9. The first-order chi connectivity index (χ1) is 13.8. The van der Waals surface area contributed by atoms with Crippen LogP contribution in [0.15, 0.2) is 54.6 Å². The Morgan fingerprint density at radius 1 is 0.931 bits per heavy atom. The second-order valence-electron chi connectivity index (χ2n) is 6.95. The summed E-state index contributed by atoms with van der Waals surface area (Å²) in [5, 5.41) is 14.5. The number of amides is 3. The maximum Gasteiger partial charge on any atom is 0.279 e. The quantitative estimate of drug-likeness (QED) is 0.377. The van der Waals surface area contributed by atoms with Gasteiger partial charge in [0.15, 0.2) is 6.04 Å².